The molecule has 0 heterocycles. The molecule has 0 aliphatic rings. The second-order valence-electron chi connectivity index (χ2n) is 8.56. The van der Waals surface area contributed by atoms with E-state index in [4.69, 9.17) is 10.5 Å². The Morgan fingerprint density at radius 3 is 2.37 bits per heavy atom. The summed E-state index contributed by atoms with van der Waals surface area (Å²) in [7, 11) is 1.18. The minimum absolute atomic E-state index is 0.0265. The van der Waals surface area contributed by atoms with E-state index in [2.05, 4.69) is 21.9 Å². The molecule has 0 radical (unpaired) electrons. The molecule has 192 valence electrons. The van der Waals surface area contributed by atoms with E-state index < -0.39 is 60.4 Å². The van der Waals surface area contributed by atoms with Gasteiger partial charge in [-0.25, -0.2) is 4.79 Å². The van der Waals surface area contributed by atoms with Crippen LogP contribution in [0, 0.1) is 0 Å². The first-order chi connectivity index (χ1) is 16.3. The SMILES string of the molecule is C=Cc1cccc(C(C(=O)NCC(=O)OC)N(CC)C(=O)C(CC(N)=O)NC(=O)OC(C)(C)C)c1. The highest BCUT2D eigenvalue weighted by Gasteiger charge is 2.36. The van der Waals surface area contributed by atoms with Crippen molar-refractivity contribution in [2.24, 2.45) is 5.73 Å². The van der Waals surface area contributed by atoms with Crippen LogP contribution in [0.15, 0.2) is 30.8 Å². The smallest absolute Gasteiger partial charge is 0.408 e. The first-order valence-corrected chi connectivity index (χ1v) is 11.0. The summed E-state index contributed by atoms with van der Waals surface area (Å²) >= 11 is 0. The highest BCUT2D eigenvalue weighted by atomic mass is 16.6. The number of hydrogen-bond acceptors (Lipinski definition) is 7. The summed E-state index contributed by atoms with van der Waals surface area (Å²) in [6.45, 7) is 9.88. The van der Waals surface area contributed by atoms with Gasteiger partial charge >= 0.3 is 12.1 Å². The Bertz CT molecular complexity index is 955. The van der Waals surface area contributed by atoms with Gasteiger partial charge in [0.1, 0.15) is 24.2 Å². The number of rotatable bonds is 11. The Hall–Kier alpha value is -3.89. The van der Waals surface area contributed by atoms with Gasteiger partial charge in [0.2, 0.25) is 17.7 Å². The average molecular weight is 491 g/mol. The van der Waals surface area contributed by atoms with Crippen LogP contribution in [-0.2, 0) is 28.7 Å². The number of nitrogens with zero attached hydrogens (tertiary/aromatic N) is 1. The van der Waals surface area contributed by atoms with Crippen molar-refractivity contribution in [3.8, 4) is 0 Å². The Balaban J connectivity index is 3.40. The molecule has 0 saturated heterocycles. The molecule has 1 rings (SSSR count). The molecule has 2 atom stereocenters. The molecule has 0 aliphatic carbocycles. The number of primary amides is 1. The Labute approximate surface area is 205 Å². The third-order valence-electron chi connectivity index (χ3n) is 4.67. The van der Waals surface area contributed by atoms with Gasteiger partial charge in [0.25, 0.3) is 0 Å². The number of alkyl carbamates (subject to hydrolysis) is 1. The number of carbonyl (C=O) groups is 5. The Kier molecular flexibility index (Phi) is 10.9. The maximum absolute atomic E-state index is 13.5. The molecule has 11 heteroatoms. The van der Waals surface area contributed by atoms with Crippen LogP contribution >= 0.6 is 0 Å². The molecular weight excluding hydrogens is 456 g/mol. The van der Waals surface area contributed by atoms with Crippen LogP contribution < -0.4 is 16.4 Å². The number of benzene rings is 1. The number of methoxy groups -OCH3 is 1. The summed E-state index contributed by atoms with van der Waals surface area (Å²) in [6.07, 6.45) is 0.136. The molecule has 1 aromatic carbocycles. The van der Waals surface area contributed by atoms with Crippen molar-refractivity contribution in [1.82, 2.24) is 15.5 Å². The van der Waals surface area contributed by atoms with Crippen molar-refractivity contribution < 1.29 is 33.4 Å². The molecule has 0 fully saturated rings. The van der Waals surface area contributed by atoms with Gasteiger partial charge in [-0.1, -0.05) is 30.9 Å². The fraction of sp³-hybridized carbons (Fsp3) is 0.458. The van der Waals surface area contributed by atoms with E-state index >= 15 is 0 Å². The summed E-state index contributed by atoms with van der Waals surface area (Å²) in [5.41, 5.74) is 5.58. The van der Waals surface area contributed by atoms with Gasteiger partial charge in [-0.05, 0) is 44.9 Å². The van der Waals surface area contributed by atoms with E-state index in [0.29, 0.717) is 11.1 Å². The molecule has 0 spiro atoms. The summed E-state index contributed by atoms with van der Waals surface area (Å²) in [5, 5.41) is 4.83. The van der Waals surface area contributed by atoms with Gasteiger partial charge < -0.3 is 30.7 Å². The highest BCUT2D eigenvalue weighted by Crippen LogP contribution is 2.24. The van der Waals surface area contributed by atoms with Gasteiger partial charge in [-0.3, -0.25) is 19.2 Å². The number of carbonyl (C=O) groups excluding carboxylic acids is 5. The lowest BCUT2D eigenvalue weighted by molar-refractivity contribution is -0.145. The van der Waals surface area contributed by atoms with Crippen LogP contribution in [0.25, 0.3) is 6.08 Å². The quantitative estimate of drug-likeness (QED) is 0.394. The summed E-state index contributed by atoms with van der Waals surface area (Å²) in [6, 6.07) is 4.16. The Morgan fingerprint density at radius 2 is 1.86 bits per heavy atom. The van der Waals surface area contributed by atoms with E-state index in [9.17, 15) is 24.0 Å². The van der Waals surface area contributed by atoms with E-state index in [0.717, 1.165) is 0 Å². The van der Waals surface area contributed by atoms with Crippen molar-refractivity contribution in [2.45, 2.75) is 51.8 Å². The number of ether oxygens (including phenoxy) is 2. The monoisotopic (exact) mass is 490 g/mol. The molecule has 4 amide bonds. The standard InChI is InChI=1S/C24H34N4O7/c1-7-15-10-9-11-16(12-15)20(21(31)26-14-19(30)34-6)28(8-2)22(32)17(13-18(25)29)27-23(33)35-24(3,4)5/h7,9-12,17,20H,1,8,13-14H2,2-6H3,(H2,25,29)(H,26,31)(H,27,33). The normalized spacial score (nSPS) is 12.5. The first-order valence-electron chi connectivity index (χ1n) is 11.0. The topological polar surface area (TPSA) is 157 Å². The van der Waals surface area contributed by atoms with Crippen LogP contribution in [0.1, 0.15) is 51.3 Å². The molecule has 11 nitrogen and oxygen atoms in total. The predicted molar refractivity (Wildman–Crippen MR) is 129 cm³/mol. The molecule has 0 aliphatic heterocycles. The molecule has 2 unspecified atom stereocenters. The van der Waals surface area contributed by atoms with Crippen molar-refractivity contribution in [1.29, 1.82) is 0 Å². The number of likely N-dealkylation sites (N-methyl/N-ethyl adjacent to an activating group) is 1. The average Bonchev–Trinajstić information content (AvgIpc) is 2.78. The molecule has 0 aromatic heterocycles. The first kappa shape index (κ1) is 29.1. The lowest BCUT2D eigenvalue weighted by Gasteiger charge is -2.33. The maximum atomic E-state index is 13.5. The second kappa shape index (κ2) is 13.1. The van der Waals surface area contributed by atoms with E-state index in [-0.39, 0.29) is 6.54 Å². The molecular formula is C24H34N4O7. The number of esters is 1. The number of nitrogens with two attached hydrogens (primary N) is 1. The zero-order valence-electron chi connectivity index (χ0n) is 20.8. The van der Waals surface area contributed by atoms with E-state index in [1.165, 1.54) is 12.0 Å². The maximum Gasteiger partial charge on any atom is 0.408 e. The van der Waals surface area contributed by atoms with Crippen molar-refractivity contribution in [3.05, 3.63) is 42.0 Å². The van der Waals surface area contributed by atoms with E-state index in [1.54, 1.807) is 58.0 Å². The largest absolute Gasteiger partial charge is 0.468 e. The van der Waals surface area contributed by atoms with Crippen LogP contribution in [0.5, 0.6) is 0 Å². The minimum Gasteiger partial charge on any atom is -0.468 e. The van der Waals surface area contributed by atoms with Crippen molar-refractivity contribution in [3.63, 3.8) is 0 Å². The number of nitrogens with one attached hydrogen (secondary N) is 2. The fourth-order valence-electron chi connectivity index (χ4n) is 3.17. The van der Waals surface area contributed by atoms with Gasteiger partial charge in [0, 0.05) is 6.54 Å². The molecule has 1 aromatic rings. The number of amides is 4. The number of hydrogen-bond donors (Lipinski definition) is 3. The lowest BCUT2D eigenvalue weighted by atomic mass is 10.00. The molecule has 0 bridgehead atoms. The van der Waals surface area contributed by atoms with Gasteiger partial charge in [0.05, 0.1) is 13.5 Å². The fourth-order valence-corrected chi connectivity index (χ4v) is 3.17. The third kappa shape index (κ3) is 9.48. The van der Waals surface area contributed by atoms with Crippen molar-refractivity contribution >= 4 is 35.9 Å². The van der Waals surface area contributed by atoms with E-state index in [1.807, 2.05) is 0 Å². The minimum atomic E-state index is -1.39. The summed E-state index contributed by atoms with van der Waals surface area (Å²) in [4.78, 5) is 63.5. The Morgan fingerprint density at radius 1 is 1.20 bits per heavy atom. The lowest BCUT2D eigenvalue weighted by Crippen LogP contribution is -2.54. The van der Waals surface area contributed by atoms with Crippen LogP contribution in [-0.4, -0.2) is 66.5 Å². The van der Waals surface area contributed by atoms with Gasteiger partial charge in [-0.15, -0.1) is 0 Å². The highest BCUT2D eigenvalue weighted by molar-refractivity contribution is 5.95. The third-order valence-corrected chi connectivity index (χ3v) is 4.67. The van der Waals surface area contributed by atoms with Gasteiger partial charge in [0.15, 0.2) is 0 Å². The van der Waals surface area contributed by atoms with Crippen LogP contribution in [0.4, 0.5) is 4.79 Å². The second-order valence-corrected chi connectivity index (χ2v) is 8.56. The molecule has 4 N–H and O–H groups in total. The van der Waals surface area contributed by atoms with Crippen LogP contribution in [0.3, 0.4) is 0 Å². The molecule has 0 saturated carbocycles. The zero-order valence-corrected chi connectivity index (χ0v) is 20.8. The van der Waals surface area contributed by atoms with Crippen molar-refractivity contribution in [2.75, 3.05) is 20.2 Å². The molecule has 35 heavy (non-hydrogen) atoms. The van der Waals surface area contributed by atoms with Crippen LogP contribution in [0.2, 0.25) is 0 Å². The summed E-state index contributed by atoms with van der Waals surface area (Å²) in [5.74, 6) is -2.92. The predicted octanol–water partition coefficient (Wildman–Crippen LogP) is 1.28. The zero-order chi connectivity index (χ0) is 26.8. The van der Waals surface area contributed by atoms with Gasteiger partial charge in [-0.2, -0.15) is 0 Å². The summed E-state index contributed by atoms with van der Waals surface area (Å²) < 4.78 is 9.76.